The van der Waals surface area contributed by atoms with Crippen LogP contribution in [0.2, 0.25) is 0 Å². The van der Waals surface area contributed by atoms with Crippen LogP contribution in [0, 0.1) is 6.92 Å². The molecular weight excluding hydrogens is 366 g/mol. The Morgan fingerprint density at radius 3 is 2.85 bits per heavy atom. The lowest BCUT2D eigenvalue weighted by Crippen LogP contribution is -2.11. The van der Waals surface area contributed by atoms with Crippen molar-refractivity contribution in [1.82, 2.24) is 10.2 Å². The number of aromatic nitrogens is 2. The lowest BCUT2D eigenvalue weighted by molar-refractivity contribution is 0.102. The minimum Gasteiger partial charge on any atom is -0.494 e. The van der Waals surface area contributed by atoms with Gasteiger partial charge in [-0.3, -0.25) is 10.1 Å². The van der Waals surface area contributed by atoms with E-state index >= 15 is 0 Å². The Morgan fingerprint density at radius 2 is 2.04 bits per heavy atom. The van der Waals surface area contributed by atoms with Gasteiger partial charge in [0.15, 0.2) is 4.34 Å². The lowest BCUT2D eigenvalue weighted by Gasteiger charge is -2.05. The fourth-order valence-corrected chi connectivity index (χ4v) is 4.02. The normalized spacial score (nSPS) is 10.5. The second-order valence-electron chi connectivity index (χ2n) is 5.57. The number of thioether (sulfide) groups is 1. The molecule has 0 aliphatic heterocycles. The van der Waals surface area contributed by atoms with E-state index in [1.807, 2.05) is 19.1 Å². The molecule has 0 atom stereocenters. The van der Waals surface area contributed by atoms with E-state index < -0.39 is 0 Å². The summed E-state index contributed by atoms with van der Waals surface area (Å²) >= 11 is 2.98. The number of nitrogens with one attached hydrogen (secondary N) is 1. The van der Waals surface area contributed by atoms with Crippen molar-refractivity contribution in [2.24, 2.45) is 0 Å². The van der Waals surface area contributed by atoms with Gasteiger partial charge >= 0.3 is 0 Å². The van der Waals surface area contributed by atoms with Gasteiger partial charge in [-0.2, -0.15) is 0 Å². The standard InChI is InChI=1S/C19H19N3O2S2/c1-3-24-16-9-5-8-15(11-16)17(23)20-18-21-22-19(26-18)25-12-14-7-4-6-13(2)10-14/h4-11H,3,12H2,1-2H3,(H,20,21,23). The maximum Gasteiger partial charge on any atom is 0.257 e. The number of nitrogens with zero attached hydrogens (tertiary/aromatic N) is 2. The van der Waals surface area contributed by atoms with E-state index in [2.05, 4.69) is 40.6 Å². The topological polar surface area (TPSA) is 64.1 Å². The van der Waals surface area contributed by atoms with Gasteiger partial charge in [-0.1, -0.05) is 59.0 Å². The molecule has 0 fully saturated rings. The number of carbonyl (C=O) groups excluding carboxylic acids is 1. The molecule has 1 heterocycles. The largest absolute Gasteiger partial charge is 0.494 e. The van der Waals surface area contributed by atoms with Crippen LogP contribution in [0.1, 0.15) is 28.4 Å². The van der Waals surface area contributed by atoms with Crippen molar-refractivity contribution in [3.63, 3.8) is 0 Å². The molecule has 7 heteroatoms. The van der Waals surface area contributed by atoms with Gasteiger partial charge in [0.1, 0.15) is 5.75 Å². The number of hydrogen-bond acceptors (Lipinski definition) is 6. The number of hydrogen-bond donors (Lipinski definition) is 1. The van der Waals surface area contributed by atoms with E-state index in [4.69, 9.17) is 4.74 Å². The van der Waals surface area contributed by atoms with Gasteiger partial charge in [0.2, 0.25) is 5.13 Å². The number of anilines is 1. The Hall–Kier alpha value is -2.38. The summed E-state index contributed by atoms with van der Waals surface area (Å²) in [6.45, 7) is 4.54. The van der Waals surface area contributed by atoms with Gasteiger partial charge in [0.25, 0.3) is 5.91 Å². The Kier molecular flexibility index (Phi) is 6.25. The monoisotopic (exact) mass is 385 g/mol. The fourth-order valence-electron chi connectivity index (χ4n) is 2.33. The Labute approximate surface area is 160 Å². The van der Waals surface area contributed by atoms with E-state index in [-0.39, 0.29) is 5.91 Å². The van der Waals surface area contributed by atoms with Crippen molar-refractivity contribution in [2.75, 3.05) is 11.9 Å². The van der Waals surface area contributed by atoms with E-state index in [9.17, 15) is 4.79 Å². The zero-order chi connectivity index (χ0) is 18.4. The van der Waals surface area contributed by atoms with Crippen LogP contribution in [-0.2, 0) is 5.75 Å². The zero-order valence-electron chi connectivity index (χ0n) is 14.6. The molecule has 0 spiro atoms. The summed E-state index contributed by atoms with van der Waals surface area (Å²) in [6.07, 6.45) is 0. The molecule has 0 saturated heterocycles. The Bertz CT molecular complexity index is 896. The Balaban J connectivity index is 1.59. The van der Waals surface area contributed by atoms with Gasteiger partial charge in [-0.15, -0.1) is 10.2 Å². The summed E-state index contributed by atoms with van der Waals surface area (Å²) < 4.78 is 6.25. The average molecular weight is 386 g/mol. The Morgan fingerprint density at radius 1 is 1.19 bits per heavy atom. The summed E-state index contributed by atoms with van der Waals surface area (Å²) in [4.78, 5) is 12.4. The van der Waals surface area contributed by atoms with Crippen LogP contribution in [0.25, 0.3) is 0 Å². The van der Waals surface area contributed by atoms with Crippen LogP contribution in [0.5, 0.6) is 5.75 Å². The summed E-state index contributed by atoms with van der Waals surface area (Å²) in [5.41, 5.74) is 3.01. The van der Waals surface area contributed by atoms with E-state index in [0.717, 1.165) is 10.1 Å². The van der Waals surface area contributed by atoms with E-state index in [1.165, 1.54) is 22.5 Å². The highest BCUT2D eigenvalue weighted by atomic mass is 32.2. The molecule has 26 heavy (non-hydrogen) atoms. The molecule has 5 nitrogen and oxygen atoms in total. The molecule has 1 N–H and O–H groups in total. The highest BCUT2D eigenvalue weighted by Gasteiger charge is 2.11. The third kappa shape index (κ3) is 5.06. The number of aryl methyl sites for hydroxylation is 1. The highest BCUT2D eigenvalue weighted by molar-refractivity contribution is 8.00. The van der Waals surface area contributed by atoms with Gasteiger partial charge in [0.05, 0.1) is 6.61 Å². The van der Waals surface area contributed by atoms with Crippen molar-refractivity contribution in [3.05, 3.63) is 65.2 Å². The molecule has 3 rings (SSSR count). The van der Waals surface area contributed by atoms with E-state index in [1.54, 1.807) is 30.0 Å². The predicted octanol–water partition coefficient (Wildman–Crippen LogP) is 4.79. The summed E-state index contributed by atoms with van der Waals surface area (Å²) in [6, 6.07) is 15.5. The number of ether oxygens (including phenoxy) is 1. The molecule has 1 aromatic heterocycles. The van der Waals surface area contributed by atoms with Gasteiger partial charge in [-0.05, 0) is 37.6 Å². The molecule has 2 aromatic carbocycles. The predicted molar refractivity (Wildman–Crippen MR) is 106 cm³/mol. The minimum absolute atomic E-state index is 0.224. The number of benzene rings is 2. The van der Waals surface area contributed by atoms with Gasteiger partial charge in [-0.25, -0.2) is 0 Å². The van der Waals surface area contributed by atoms with Crippen LogP contribution < -0.4 is 10.1 Å². The first kappa shape index (κ1) is 18.4. The van der Waals surface area contributed by atoms with Crippen LogP contribution in [-0.4, -0.2) is 22.7 Å². The quantitative estimate of drug-likeness (QED) is 0.468. The summed E-state index contributed by atoms with van der Waals surface area (Å²) in [5, 5.41) is 11.5. The molecule has 0 aliphatic carbocycles. The smallest absolute Gasteiger partial charge is 0.257 e. The number of carbonyl (C=O) groups is 1. The molecule has 0 unspecified atom stereocenters. The summed E-state index contributed by atoms with van der Waals surface area (Å²) in [5.74, 6) is 1.27. The fraction of sp³-hybridized carbons (Fsp3) is 0.211. The van der Waals surface area contributed by atoms with Crippen molar-refractivity contribution in [1.29, 1.82) is 0 Å². The van der Waals surface area contributed by atoms with Crippen molar-refractivity contribution >= 4 is 34.1 Å². The van der Waals surface area contributed by atoms with Crippen molar-refractivity contribution in [2.45, 2.75) is 23.9 Å². The third-order valence-electron chi connectivity index (χ3n) is 3.48. The minimum atomic E-state index is -0.224. The lowest BCUT2D eigenvalue weighted by atomic mass is 10.2. The maximum absolute atomic E-state index is 12.4. The molecular formula is C19H19N3O2S2. The zero-order valence-corrected chi connectivity index (χ0v) is 16.2. The second-order valence-corrected chi connectivity index (χ2v) is 7.77. The first-order chi connectivity index (χ1) is 12.6. The molecule has 0 bridgehead atoms. The summed E-state index contributed by atoms with van der Waals surface area (Å²) in [7, 11) is 0. The molecule has 0 aliphatic rings. The first-order valence-corrected chi connectivity index (χ1v) is 10.0. The third-order valence-corrected chi connectivity index (χ3v) is 5.52. The molecule has 0 radical (unpaired) electrons. The van der Waals surface area contributed by atoms with Crippen LogP contribution >= 0.6 is 23.1 Å². The van der Waals surface area contributed by atoms with Crippen LogP contribution in [0.15, 0.2) is 52.9 Å². The van der Waals surface area contributed by atoms with Crippen molar-refractivity contribution < 1.29 is 9.53 Å². The molecule has 134 valence electrons. The average Bonchev–Trinajstić information content (AvgIpc) is 3.08. The van der Waals surface area contributed by atoms with Crippen LogP contribution in [0.3, 0.4) is 0 Å². The van der Waals surface area contributed by atoms with Gasteiger partial charge < -0.3 is 4.74 Å². The maximum atomic E-state index is 12.4. The molecule has 3 aromatic rings. The SMILES string of the molecule is CCOc1cccc(C(=O)Nc2nnc(SCc3cccc(C)c3)s2)c1. The van der Waals surface area contributed by atoms with Crippen LogP contribution in [0.4, 0.5) is 5.13 Å². The molecule has 1 amide bonds. The number of rotatable bonds is 7. The van der Waals surface area contributed by atoms with E-state index in [0.29, 0.717) is 23.1 Å². The van der Waals surface area contributed by atoms with Gasteiger partial charge in [0, 0.05) is 11.3 Å². The molecule has 0 saturated carbocycles. The number of amides is 1. The highest BCUT2D eigenvalue weighted by Crippen LogP contribution is 2.28. The second kappa shape index (κ2) is 8.82. The van der Waals surface area contributed by atoms with Crippen molar-refractivity contribution in [3.8, 4) is 5.75 Å². The first-order valence-electron chi connectivity index (χ1n) is 8.20.